The van der Waals surface area contributed by atoms with E-state index in [4.69, 9.17) is 0 Å². The van der Waals surface area contributed by atoms with E-state index < -0.39 is 60.9 Å². The van der Waals surface area contributed by atoms with Gasteiger partial charge in [-0.05, 0) is 57.3 Å². The lowest BCUT2D eigenvalue weighted by atomic mass is 9.74. The van der Waals surface area contributed by atoms with Crippen LogP contribution in [0.3, 0.4) is 0 Å². The molecule has 14 heteroatoms. The summed E-state index contributed by atoms with van der Waals surface area (Å²) in [5.74, 6) is -4.18. The summed E-state index contributed by atoms with van der Waals surface area (Å²) < 4.78 is 86.0. The maximum atomic E-state index is 14.3. The summed E-state index contributed by atoms with van der Waals surface area (Å²) in [4.78, 5) is 56.2. The number of nitrogens with zero attached hydrogens (tertiary/aromatic N) is 2. The third-order valence-electron chi connectivity index (χ3n) is 10.3. The highest BCUT2D eigenvalue weighted by Crippen LogP contribution is 2.47. The first-order chi connectivity index (χ1) is 23.5. The van der Waals surface area contributed by atoms with Crippen molar-refractivity contribution in [3.8, 4) is 0 Å². The van der Waals surface area contributed by atoms with E-state index in [1.54, 1.807) is 41.7 Å². The van der Waals surface area contributed by atoms with E-state index >= 15 is 0 Å². The molecule has 5 aromatic rings. The zero-order valence-corrected chi connectivity index (χ0v) is 27.7. The Labute approximate surface area is 283 Å². The molecule has 2 aliphatic rings. The Hall–Kier alpha value is -4.61. The standard InChI is InChI=1S/C36H30B2F6N2O4/c1-3-5-7-23(35(39,40)41)45-31(47)17-11-9-15-28-22(38)14-20-26-18(32(48)46(34(20)50)24(8-6-4-2)36(42,43)44)12-10-16(30(26)28)27-21(37)13-19(33(45)49)25(17)29(15)27/h9-14,23-24H,3-8,37-38H2,1-2H3. The largest absolute Gasteiger partial charge is 0.409 e. The van der Waals surface area contributed by atoms with Crippen molar-refractivity contribution in [1.29, 1.82) is 0 Å². The van der Waals surface area contributed by atoms with Crippen LogP contribution in [0.1, 0.15) is 93.8 Å². The molecule has 0 fully saturated rings. The van der Waals surface area contributed by atoms with Gasteiger partial charge in [0, 0.05) is 33.0 Å². The molecule has 0 bridgehead atoms. The first-order valence-corrected chi connectivity index (χ1v) is 16.6. The molecule has 6 nitrogen and oxygen atoms in total. The molecular formula is C36H30B2F6N2O4. The van der Waals surface area contributed by atoms with Gasteiger partial charge in [0.05, 0.1) is 0 Å². The molecule has 5 aromatic carbocycles. The molecule has 0 spiro atoms. The van der Waals surface area contributed by atoms with Gasteiger partial charge < -0.3 is 0 Å². The summed E-state index contributed by atoms with van der Waals surface area (Å²) >= 11 is 0. The Kier molecular flexibility index (Phi) is 7.76. The van der Waals surface area contributed by atoms with Crippen molar-refractivity contribution in [3.63, 3.8) is 0 Å². The van der Waals surface area contributed by atoms with E-state index in [1.165, 1.54) is 24.3 Å². The molecule has 2 unspecified atom stereocenters. The van der Waals surface area contributed by atoms with E-state index in [-0.39, 0.29) is 45.9 Å². The molecule has 256 valence electrons. The predicted octanol–water partition coefficient (Wildman–Crippen LogP) is 5.69. The average Bonchev–Trinajstić information content (AvgIpc) is 3.04. The Morgan fingerprint density at radius 3 is 1.20 bits per heavy atom. The third-order valence-corrected chi connectivity index (χ3v) is 10.3. The Bertz CT molecular complexity index is 2160. The van der Waals surface area contributed by atoms with Gasteiger partial charge in [-0.15, -0.1) is 0 Å². The molecule has 7 rings (SSSR count). The Morgan fingerprint density at radius 1 is 0.540 bits per heavy atom. The zero-order valence-electron chi connectivity index (χ0n) is 27.7. The fourth-order valence-corrected chi connectivity index (χ4v) is 8.15. The molecule has 2 atom stereocenters. The number of halogens is 6. The van der Waals surface area contributed by atoms with E-state index in [1.807, 2.05) is 0 Å². The highest BCUT2D eigenvalue weighted by Gasteiger charge is 2.51. The summed E-state index contributed by atoms with van der Waals surface area (Å²) in [6.07, 6.45) is -9.36. The number of unbranched alkanes of at least 4 members (excludes halogenated alkanes) is 2. The molecule has 0 aromatic heterocycles. The topological polar surface area (TPSA) is 74.8 Å². The van der Waals surface area contributed by atoms with Crippen LogP contribution in [-0.4, -0.2) is 73.6 Å². The number of hydrogen-bond donors (Lipinski definition) is 0. The minimum Gasteiger partial charge on any atom is -0.269 e. The zero-order chi connectivity index (χ0) is 36.2. The van der Waals surface area contributed by atoms with Gasteiger partial charge in [-0.1, -0.05) is 74.7 Å². The van der Waals surface area contributed by atoms with Crippen molar-refractivity contribution in [3.05, 3.63) is 58.7 Å². The van der Waals surface area contributed by atoms with Crippen LogP contribution in [0, 0.1) is 0 Å². The number of hydrogen-bond acceptors (Lipinski definition) is 4. The highest BCUT2D eigenvalue weighted by molar-refractivity contribution is 6.54. The number of carbonyl (C=O) groups excluding carboxylic acids is 4. The van der Waals surface area contributed by atoms with Gasteiger partial charge >= 0.3 is 12.4 Å². The number of rotatable bonds is 8. The number of carbonyl (C=O) groups is 4. The fraction of sp³-hybridized carbons (Fsp3) is 0.333. The lowest BCUT2D eigenvalue weighted by Gasteiger charge is -2.36. The van der Waals surface area contributed by atoms with Gasteiger partial charge in [-0.3, -0.25) is 29.0 Å². The van der Waals surface area contributed by atoms with Crippen LogP contribution in [0.2, 0.25) is 0 Å². The second-order valence-electron chi connectivity index (χ2n) is 13.4. The van der Waals surface area contributed by atoms with Crippen LogP contribution in [0.25, 0.3) is 43.1 Å². The summed E-state index contributed by atoms with van der Waals surface area (Å²) in [6, 6.07) is 4.31. The summed E-state index contributed by atoms with van der Waals surface area (Å²) in [6.45, 7) is 3.44. The predicted molar refractivity (Wildman–Crippen MR) is 184 cm³/mol. The molecule has 2 heterocycles. The summed E-state index contributed by atoms with van der Waals surface area (Å²) in [7, 11) is 3.36. The minimum atomic E-state index is -4.84. The number of fused-ring (bicyclic) bond motifs is 2. The van der Waals surface area contributed by atoms with Crippen LogP contribution in [0.15, 0.2) is 36.4 Å². The fourth-order valence-electron chi connectivity index (χ4n) is 8.15. The van der Waals surface area contributed by atoms with Gasteiger partial charge in [-0.25, -0.2) is 0 Å². The SMILES string of the molecule is Bc1cc2c3c(ccc4c5c(B)cc6c7c(ccc(c1c34)c75)C(=O)N(C(CCCC)C(F)(F)F)C6=O)C(=O)N(C(CCCC)C(F)(F)F)C2=O. The Morgan fingerprint density at radius 2 is 0.880 bits per heavy atom. The molecule has 50 heavy (non-hydrogen) atoms. The van der Waals surface area contributed by atoms with Gasteiger partial charge in [-0.2, -0.15) is 26.3 Å². The average molecular weight is 690 g/mol. The molecular weight excluding hydrogens is 660 g/mol. The molecule has 0 saturated carbocycles. The van der Waals surface area contributed by atoms with Crippen molar-refractivity contribution < 1.29 is 45.5 Å². The van der Waals surface area contributed by atoms with Crippen LogP contribution >= 0.6 is 0 Å². The van der Waals surface area contributed by atoms with E-state index in [9.17, 15) is 45.5 Å². The second kappa shape index (κ2) is 11.5. The van der Waals surface area contributed by atoms with E-state index in [2.05, 4.69) is 0 Å². The van der Waals surface area contributed by atoms with E-state index in [0.29, 0.717) is 65.9 Å². The molecule has 2 aliphatic heterocycles. The quantitative estimate of drug-likeness (QED) is 0.0691. The van der Waals surface area contributed by atoms with Crippen molar-refractivity contribution in [2.45, 2.75) is 76.8 Å². The number of amides is 4. The maximum Gasteiger partial charge on any atom is 0.409 e. The van der Waals surface area contributed by atoms with Crippen LogP contribution < -0.4 is 10.9 Å². The Balaban J connectivity index is 1.51. The second-order valence-corrected chi connectivity index (χ2v) is 13.4. The highest BCUT2D eigenvalue weighted by atomic mass is 19.4. The number of alkyl halides is 6. The maximum absolute atomic E-state index is 14.3. The van der Waals surface area contributed by atoms with E-state index in [0.717, 1.165) is 0 Å². The molecule has 4 amide bonds. The van der Waals surface area contributed by atoms with Crippen LogP contribution in [-0.2, 0) is 0 Å². The summed E-state index contributed by atoms with van der Waals surface area (Å²) in [5.41, 5.74) is 0.817. The normalized spacial score (nSPS) is 16.6. The lowest BCUT2D eigenvalue weighted by molar-refractivity contribution is -0.173. The van der Waals surface area contributed by atoms with Crippen molar-refractivity contribution in [1.82, 2.24) is 9.80 Å². The molecule has 0 radical (unpaired) electrons. The molecule has 0 N–H and O–H groups in total. The van der Waals surface area contributed by atoms with Gasteiger partial charge in [0.25, 0.3) is 23.6 Å². The smallest absolute Gasteiger partial charge is 0.269 e. The van der Waals surface area contributed by atoms with Crippen molar-refractivity contribution in [2.75, 3.05) is 0 Å². The molecule has 0 aliphatic carbocycles. The van der Waals surface area contributed by atoms with Crippen molar-refractivity contribution >= 4 is 93.3 Å². The third kappa shape index (κ3) is 4.66. The number of benzene rings is 5. The lowest BCUT2D eigenvalue weighted by Crippen LogP contribution is -2.53. The van der Waals surface area contributed by atoms with Gasteiger partial charge in [0.2, 0.25) is 0 Å². The first-order valence-electron chi connectivity index (χ1n) is 16.6. The number of imide groups is 2. The summed E-state index contributed by atoms with van der Waals surface area (Å²) in [5, 5.41) is 3.55. The van der Waals surface area contributed by atoms with Crippen LogP contribution in [0.5, 0.6) is 0 Å². The van der Waals surface area contributed by atoms with Crippen molar-refractivity contribution in [2.24, 2.45) is 0 Å². The monoisotopic (exact) mass is 690 g/mol. The van der Waals surface area contributed by atoms with Gasteiger partial charge in [0.1, 0.15) is 27.8 Å². The molecule has 0 saturated heterocycles. The van der Waals surface area contributed by atoms with Crippen LogP contribution in [0.4, 0.5) is 26.3 Å². The van der Waals surface area contributed by atoms with Gasteiger partial charge in [0.15, 0.2) is 0 Å². The first kappa shape index (κ1) is 33.9. The minimum absolute atomic E-state index is 0.0404.